The van der Waals surface area contributed by atoms with Crippen LogP contribution in [0.5, 0.6) is 0 Å². The van der Waals surface area contributed by atoms with Gasteiger partial charge in [-0.25, -0.2) is 0 Å². The third-order valence-electron chi connectivity index (χ3n) is 4.31. The molecule has 0 aromatic heterocycles. The van der Waals surface area contributed by atoms with E-state index in [0.29, 0.717) is 19.3 Å². The van der Waals surface area contributed by atoms with Crippen molar-refractivity contribution in [1.29, 1.82) is 0 Å². The maximum absolute atomic E-state index is 10.5. The summed E-state index contributed by atoms with van der Waals surface area (Å²) in [6, 6.07) is 0.716. The van der Waals surface area contributed by atoms with Crippen molar-refractivity contribution in [2.75, 3.05) is 26.8 Å². The van der Waals surface area contributed by atoms with Crippen molar-refractivity contribution in [2.24, 2.45) is 5.73 Å². The van der Waals surface area contributed by atoms with Crippen LogP contribution in [0.4, 0.5) is 0 Å². The Morgan fingerprint density at radius 3 is 2.59 bits per heavy atom. The quantitative estimate of drug-likeness (QED) is 0.766. The largest absolute Gasteiger partial charge is 0.388 e. The molecule has 17 heavy (non-hydrogen) atoms. The highest BCUT2D eigenvalue weighted by Crippen LogP contribution is 2.26. The number of likely N-dealkylation sites (N-methyl/N-ethyl adjacent to an activating group) is 1. The minimum absolute atomic E-state index is 0.275. The van der Waals surface area contributed by atoms with Crippen LogP contribution in [0.1, 0.15) is 38.5 Å². The average Bonchev–Trinajstić information content (AvgIpc) is 2.29. The summed E-state index contributed by atoms with van der Waals surface area (Å²) >= 11 is 0. The van der Waals surface area contributed by atoms with Gasteiger partial charge in [0, 0.05) is 44.7 Å². The fourth-order valence-corrected chi connectivity index (χ4v) is 3.18. The molecule has 4 nitrogen and oxygen atoms in total. The summed E-state index contributed by atoms with van der Waals surface area (Å²) in [5.74, 6) is 0. The average molecular weight is 242 g/mol. The second-order valence-electron chi connectivity index (χ2n) is 5.77. The summed E-state index contributed by atoms with van der Waals surface area (Å²) < 4.78 is 5.31. The second kappa shape index (κ2) is 5.65. The monoisotopic (exact) mass is 242 g/mol. The first-order chi connectivity index (χ1) is 8.11. The van der Waals surface area contributed by atoms with E-state index in [9.17, 15) is 5.11 Å². The molecule has 0 aromatic rings. The van der Waals surface area contributed by atoms with E-state index in [1.54, 1.807) is 0 Å². The zero-order valence-electron chi connectivity index (χ0n) is 10.9. The molecular formula is C13H26N2O2. The highest BCUT2D eigenvalue weighted by Gasteiger charge is 2.34. The predicted octanol–water partition coefficient (Wildman–Crippen LogP) is 0.730. The molecule has 1 heterocycles. The van der Waals surface area contributed by atoms with Gasteiger partial charge < -0.3 is 15.6 Å². The first-order valence-corrected chi connectivity index (χ1v) is 6.87. The first-order valence-electron chi connectivity index (χ1n) is 6.87. The lowest BCUT2D eigenvalue weighted by Gasteiger charge is -2.41. The molecule has 1 saturated carbocycles. The predicted molar refractivity (Wildman–Crippen MR) is 67.9 cm³/mol. The van der Waals surface area contributed by atoms with E-state index in [0.717, 1.165) is 25.8 Å². The van der Waals surface area contributed by atoms with E-state index in [1.807, 2.05) is 0 Å². The molecule has 0 aromatic carbocycles. The van der Waals surface area contributed by atoms with E-state index in [1.165, 1.54) is 19.3 Å². The van der Waals surface area contributed by atoms with Gasteiger partial charge in [0.25, 0.3) is 0 Å². The number of ether oxygens (including phenoxy) is 1. The number of hydrogen-bond donors (Lipinski definition) is 2. The van der Waals surface area contributed by atoms with Crippen molar-refractivity contribution in [3.63, 3.8) is 0 Å². The minimum Gasteiger partial charge on any atom is -0.388 e. The van der Waals surface area contributed by atoms with E-state index < -0.39 is 5.60 Å². The van der Waals surface area contributed by atoms with Gasteiger partial charge in [-0.3, -0.25) is 4.90 Å². The molecule has 3 N–H and O–H groups in total. The van der Waals surface area contributed by atoms with Crippen molar-refractivity contribution >= 4 is 0 Å². The zero-order chi connectivity index (χ0) is 12.3. The standard InChI is InChI=1S/C13H26N2O2/c1-15(12-5-3-2-4-11(12)14)10-13(16)6-8-17-9-7-13/h11-12,16H,2-10,14H2,1H3. The topological polar surface area (TPSA) is 58.7 Å². The lowest BCUT2D eigenvalue weighted by molar-refractivity contribution is -0.0837. The molecule has 0 radical (unpaired) electrons. The molecule has 1 aliphatic carbocycles. The lowest BCUT2D eigenvalue weighted by Crippen LogP contribution is -2.54. The van der Waals surface area contributed by atoms with Gasteiger partial charge in [0.15, 0.2) is 0 Å². The summed E-state index contributed by atoms with van der Waals surface area (Å²) in [4.78, 5) is 2.27. The number of nitrogens with two attached hydrogens (primary N) is 1. The van der Waals surface area contributed by atoms with E-state index in [4.69, 9.17) is 10.5 Å². The normalized spacial score (nSPS) is 33.9. The molecule has 2 unspecified atom stereocenters. The van der Waals surface area contributed by atoms with E-state index in [2.05, 4.69) is 11.9 Å². The summed E-state index contributed by atoms with van der Waals surface area (Å²) in [5.41, 5.74) is 5.61. The Hall–Kier alpha value is -0.160. The van der Waals surface area contributed by atoms with Crippen LogP contribution in [-0.2, 0) is 4.74 Å². The van der Waals surface area contributed by atoms with Gasteiger partial charge in [-0.15, -0.1) is 0 Å². The molecule has 2 fully saturated rings. The van der Waals surface area contributed by atoms with Crippen LogP contribution in [0.3, 0.4) is 0 Å². The summed E-state index contributed by atoms with van der Waals surface area (Å²) in [6.45, 7) is 2.09. The minimum atomic E-state index is -0.565. The summed E-state index contributed by atoms with van der Waals surface area (Å²) in [6.07, 6.45) is 6.31. The smallest absolute Gasteiger partial charge is 0.0817 e. The Morgan fingerprint density at radius 2 is 1.94 bits per heavy atom. The third kappa shape index (κ3) is 3.41. The Morgan fingerprint density at radius 1 is 1.29 bits per heavy atom. The van der Waals surface area contributed by atoms with Crippen LogP contribution in [0, 0.1) is 0 Å². The van der Waals surface area contributed by atoms with Crippen LogP contribution in [-0.4, -0.2) is 54.5 Å². The van der Waals surface area contributed by atoms with Crippen molar-refractivity contribution in [3.8, 4) is 0 Å². The maximum atomic E-state index is 10.5. The van der Waals surface area contributed by atoms with Gasteiger partial charge in [0.1, 0.15) is 0 Å². The van der Waals surface area contributed by atoms with Gasteiger partial charge in [-0.2, -0.15) is 0 Å². The molecule has 0 bridgehead atoms. The van der Waals surface area contributed by atoms with Crippen molar-refractivity contribution in [1.82, 2.24) is 4.90 Å². The van der Waals surface area contributed by atoms with Crippen molar-refractivity contribution < 1.29 is 9.84 Å². The molecule has 0 amide bonds. The van der Waals surface area contributed by atoms with Gasteiger partial charge in [-0.1, -0.05) is 12.8 Å². The van der Waals surface area contributed by atoms with E-state index >= 15 is 0 Å². The molecule has 100 valence electrons. The lowest BCUT2D eigenvalue weighted by atomic mass is 9.88. The van der Waals surface area contributed by atoms with Crippen LogP contribution < -0.4 is 5.73 Å². The Balaban J connectivity index is 1.88. The fraction of sp³-hybridized carbons (Fsp3) is 1.00. The Labute approximate surface area is 104 Å². The van der Waals surface area contributed by atoms with Gasteiger partial charge in [0.2, 0.25) is 0 Å². The SMILES string of the molecule is CN(CC1(O)CCOCC1)C1CCCCC1N. The number of hydrogen-bond acceptors (Lipinski definition) is 4. The van der Waals surface area contributed by atoms with Crippen LogP contribution in [0.15, 0.2) is 0 Å². The Bertz CT molecular complexity index is 242. The summed E-state index contributed by atoms with van der Waals surface area (Å²) in [5, 5.41) is 10.5. The second-order valence-corrected chi connectivity index (χ2v) is 5.77. The fourth-order valence-electron chi connectivity index (χ4n) is 3.18. The van der Waals surface area contributed by atoms with Gasteiger partial charge >= 0.3 is 0 Å². The molecule has 2 aliphatic rings. The Kier molecular flexibility index (Phi) is 4.42. The molecule has 4 heteroatoms. The molecule has 1 saturated heterocycles. The third-order valence-corrected chi connectivity index (χ3v) is 4.31. The molecule has 0 spiro atoms. The maximum Gasteiger partial charge on any atom is 0.0817 e. The van der Waals surface area contributed by atoms with Gasteiger partial charge in [-0.05, 0) is 19.9 Å². The van der Waals surface area contributed by atoms with Crippen LogP contribution >= 0.6 is 0 Å². The molecule has 1 aliphatic heterocycles. The first kappa shape index (κ1) is 13.3. The van der Waals surface area contributed by atoms with Crippen molar-refractivity contribution in [3.05, 3.63) is 0 Å². The van der Waals surface area contributed by atoms with Crippen LogP contribution in [0.25, 0.3) is 0 Å². The van der Waals surface area contributed by atoms with Crippen molar-refractivity contribution in [2.45, 2.75) is 56.2 Å². The zero-order valence-corrected chi connectivity index (χ0v) is 10.9. The van der Waals surface area contributed by atoms with E-state index in [-0.39, 0.29) is 6.04 Å². The number of aliphatic hydroxyl groups is 1. The summed E-state index contributed by atoms with van der Waals surface area (Å²) in [7, 11) is 2.10. The van der Waals surface area contributed by atoms with Gasteiger partial charge in [0.05, 0.1) is 5.60 Å². The number of rotatable bonds is 3. The molecule has 2 atom stereocenters. The highest BCUT2D eigenvalue weighted by atomic mass is 16.5. The van der Waals surface area contributed by atoms with Crippen LogP contribution in [0.2, 0.25) is 0 Å². The highest BCUT2D eigenvalue weighted by molar-refractivity contribution is 4.90. The molecular weight excluding hydrogens is 216 g/mol. The number of nitrogens with zero attached hydrogens (tertiary/aromatic N) is 1. The molecule has 2 rings (SSSR count).